The van der Waals surface area contributed by atoms with Gasteiger partial charge < -0.3 is 30.6 Å². The normalized spacial score (nSPS) is 31.9. The first-order valence-corrected chi connectivity index (χ1v) is 15.2. The Hall–Kier alpha value is -3.29. The first kappa shape index (κ1) is 28.8. The molecular formula is C27H38N10O4S. The SMILES string of the molecule is C[C@@]1(O)COCCN(/N=C(\N=C(N)OC[C@@H]2CN3CCN2CC3)c2noc([C@@]3(C)CCCc4sc(N)c(C#N)c43)n2)C1. The molecule has 6 heterocycles. The third kappa shape index (κ3) is 5.69. The van der Waals surface area contributed by atoms with Crippen LogP contribution in [0.4, 0.5) is 5.00 Å². The number of fused-ring (bicyclic) bond motifs is 4. The van der Waals surface area contributed by atoms with Gasteiger partial charge in [-0.15, -0.1) is 11.3 Å². The van der Waals surface area contributed by atoms with E-state index in [1.165, 1.54) is 11.3 Å². The van der Waals surface area contributed by atoms with Gasteiger partial charge in [0.2, 0.25) is 17.6 Å². The third-order valence-electron chi connectivity index (χ3n) is 8.55. The molecule has 4 saturated heterocycles. The van der Waals surface area contributed by atoms with Gasteiger partial charge >= 0.3 is 0 Å². The van der Waals surface area contributed by atoms with Crippen molar-refractivity contribution in [3.05, 3.63) is 27.7 Å². The molecule has 0 radical (unpaired) electrons. The molecule has 4 aliphatic heterocycles. The summed E-state index contributed by atoms with van der Waals surface area (Å²) >= 11 is 1.44. The largest absolute Gasteiger partial charge is 0.463 e. The second kappa shape index (κ2) is 11.4. The molecule has 14 nitrogen and oxygen atoms in total. The van der Waals surface area contributed by atoms with Crippen LogP contribution >= 0.6 is 11.3 Å². The number of piperazine rings is 3. The molecule has 0 saturated carbocycles. The number of aliphatic hydroxyl groups is 1. The Bertz CT molecular complexity index is 1410. The molecule has 2 aromatic rings. The highest BCUT2D eigenvalue weighted by Crippen LogP contribution is 2.48. The highest BCUT2D eigenvalue weighted by Gasteiger charge is 2.43. The van der Waals surface area contributed by atoms with Gasteiger partial charge in [-0.25, -0.2) is 0 Å². The first-order valence-electron chi connectivity index (χ1n) is 14.4. The monoisotopic (exact) mass is 598 g/mol. The zero-order valence-electron chi connectivity index (χ0n) is 24.1. The van der Waals surface area contributed by atoms with Crippen LogP contribution < -0.4 is 11.5 Å². The molecule has 226 valence electrons. The van der Waals surface area contributed by atoms with E-state index in [1.807, 2.05) is 6.92 Å². The molecule has 0 unspecified atom stereocenters. The average molecular weight is 599 g/mol. The summed E-state index contributed by atoms with van der Waals surface area (Å²) in [5.74, 6) is 0.573. The van der Waals surface area contributed by atoms with Gasteiger partial charge in [0.1, 0.15) is 23.3 Å². The van der Waals surface area contributed by atoms with Gasteiger partial charge in [-0.05, 0) is 33.1 Å². The molecule has 2 aromatic heterocycles. The summed E-state index contributed by atoms with van der Waals surface area (Å²) in [6.07, 6.45) is 2.46. The Morgan fingerprint density at radius 3 is 2.83 bits per heavy atom. The molecule has 0 amide bonds. The van der Waals surface area contributed by atoms with Gasteiger partial charge in [0.05, 0.1) is 43.3 Å². The van der Waals surface area contributed by atoms with Crippen molar-refractivity contribution >= 4 is 28.2 Å². The summed E-state index contributed by atoms with van der Waals surface area (Å²) in [5.41, 5.74) is 12.0. The fourth-order valence-corrected chi connectivity index (χ4v) is 7.56. The third-order valence-corrected chi connectivity index (χ3v) is 9.63. The van der Waals surface area contributed by atoms with Crippen LogP contribution in [0.3, 0.4) is 0 Å². The Morgan fingerprint density at radius 1 is 1.29 bits per heavy atom. The molecule has 42 heavy (non-hydrogen) atoms. The van der Waals surface area contributed by atoms with Crippen LogP contribution in [0.25, 0.3) is 0 Å². The number of rotatable bonds is 5. The van der Waals surface area contributed by atoms with Gasteiger partial charge in [0.25, 0.3) is 6.02 Å². The first-order chi connectivity index (χ1) is 20.1. The van der Waals surface area contributed by atoms with Crippen LogP contribution in [0, 0.1) is 11.3 Å². The van der Waals surface area contributed by atoms with Crippen molar-refractivity contribution in [2.24, 2.45) is 15.8 Å². The second-order valence-electron chi connectivity index (χ2n) is 12.0. The van der Waals surface area contributed by atoms with Gasteiger partial charge in [-0.1, -0.05) is 5.16 Å². The minimum Gasteiger partial charge on any atom is -0.463 e. The quantitative estimate of drug-likeness (QED) is 0.316. The Kier molecular flexibility index (Phi) is 7.83. The van der Waals surface area contributed by atoms with Crippen molar-refractivity contribution in [3.63, 3.8) is 0 Å². The number of nitrogen functional groups attached to an aromatic ring is 1. The summed E-state index contributed by atoms with van der Waals surface area (Å²) in [7, 11) is 0. The lowest BCUT2D eigenvalue weighted by Crippen LogP contribution is -2.62. The lowest BCUT2D eigenvalue weighted by molar-refractivity contribution is -0.0218. The van der Waals surface area contributed by atoms with Crippen LogP contribution in [0.1, 0.15) is 54.4 Å². The van der Waals surface area contributed by atoms with E-state index in [0.717, 1.165) is 56.0 Å². The lowest BCUT2D eigenvalue weighted by Gasteiger charge is -2.47. The van der Waals surface area contributed by atoms with E-state index in [-0.39, 0.29) is 36.9 Å². The highest BCUT2D eigenvalue weighted by molar-refractivity contribution is 7.16. The standard InChI is InChI=1S/C27H38N10O4S/c1-26(38)15-37(10-11-39-16-26)33-22(32-25(30)40-14-17-13-35-6-8-36(17)9-7-35)23-31-24(41-34-23)27(2)5-3-4-19-20(27)18(12-28)21(29)42-19/h17,38H,3-11,13-16,29H2,1-2H3,(H2,30,32,33)/t17-,26-,27-/m0/s1. The molecule has 0 aromatic carbocycles. The number of nitrogens with two attached hydrogens (primary N) is 2. The number of aryl methyl sites for hydroxylation is 1. The maximum Gasteiger partial charge on any atom is 0.288 e. The molecule has 1 aliphatic carbocycles. The molecule has 3 atom stereocenters. The lowest BCUT2D eigenvalue weighted by atomic mass is 9.72. The maximum atomic E-state index is 10.7. The fraction of sp³-hybridized carbons (Fsp3) is 0.667. The summed E-state index contributed by atoms with van der Waals surface area (Å²) in [6, 6.07) is 2.45. The number of thiophene rings is 1. The van der Waals surface area contributed by atoms with Crippen molar-refractivity contribution in [1.82, 2.24) is 24.9 Å². The number of anilines is 1. The summed E-state index contributed by atoms with van der Waals surface area (Å²) < 4.78 is 17.3. The average Bonchev–Trinajstić information content (AvgIpc) is 3.55. The molecule has 15 heteroatoms. The minimum absolute atomic E-state index is 0.0564. The van der Waals surface area contributed by atoms with Gasteiger partial charge in [0.15, 0.2) is 0 Å². The topological polar surface area (TPSA) is 188 Å². The number of ether oxygens (including phenoxy) is 2. The van der Waals surface area contributed by atoms with Crippen LogP contribution in [-0.2, 0) is 21.3 Å². The zero-order valence-corrected chi connectivity index (χ0v) is 24.9. The Morgan fingerprint density at radius 2 is 2.10 bits per heavy atom. The molecular weight excluding hydrogens is 560 g/mol. The van der Waals surface area contributed by atoms with Crippen LogP contribution in [0.2, 0.25) is 0 Å². The highest BCUT2D eigenvalue weighted by atomic mass is 32.1. The van der Waals surface area contributed by atoms with Crippen molar-refractivity contribution in [1.29, 1.82) is 5.26 Å². The van der Waals surface area contributed by atoms with Gasteiger partial charge in [0, 0.05) is 43.2 Å². The van der Waals surface area contributed by atoms with E-state index < -0.39 is 11.0 Å². The van der Waals surface area contributed by atoms with E-state index in [1.54, 1.807) is 11.9 Å². The van der Waals surface area contributed by atoms with Gasteiger partial charge in [-0.3, -0.25) is 14.8 Å². The molecule has 4 fully saturated rings. The minimum atomic E-state index is -1.11. The van der Waals surface area contributed by atoms with Crippen LogP contribution in [-0.4, -0.2) is 119 Å². The van der Waals surface area contributed by atoms with Crippen molar-refractivity contribution in [3.8, 4) is 6.07 Å². The number of β-amino-alcohol motifs (C(OH)–C–C–N with tert-alkyl or cyclic N) is 1. The molecule has 0 spiro atoms. The predicted octanol–water partition coefficient (Wildman–Crippen LogP) is 0.303. The maximum absolute atomic E-state index is 10.7. The van der Waals surface area contributed by atoms with Crippen molar-refractivity contribution in [2.45, 2.75) is 50.2 Å². The number of aliphatic imine (C=N–C) groups is 1. The number of hydrogen-bond acceptors (Lipinski definition) is 13. The van der Waals surface area contributed by atoms with Crippen molar-refractivity contribution in [2.75, 3.05) is 71.4 Å². The molecule has 7 rings (SSSR count). The Balaban J connectivity index is 1.30. The second-order valence-corrected chi connectivity index (χ2v) is 13.1. The molecule has 5 aliphatic rings. The zero-order chi connectivity index (χ0) is 29.5. The fourth-order valence-electron chi connectivity index (χ4n) is 6.37. The summed E-state index contributed by atoms with van der Waals surface area (Å²) in [5, 5.41) is 31.7. The molecule has 2 bridgehead atoms. The smallest absolute Gasteiger partial charge is 0.288 e. The summed E-state index contributed by atoms with van der Waals surface area (Å²) in [4.78, 5) is 15.2. The van der Waals surface area contributed by atoms with Crippen LogP contribution in [0.5, 0.6) is 0 Å². The number of hydrogen-bond donors (Lipinski definition) is 3. The van der Waals surface area contributed by atoms with Crippen molar-refractivity contribution < 1.29 is 19.1 Å². The van der Waals surface area contributed by atoms with E-state index in [2.05, 4.69) is 31.1 Å². The number of nitriles is 1. The van der Waals surface area contributed by atoms with E-state index in [9.17, 15) is 10.4 Å². The Labute approximate surface area is 248 Å². The number of aromatic nitrogens is 2. The van der Waals surface area contributed by atoms with E-state index in [0.29, 0.717) is 42.6 Å². The van der Waals surface area contributed by atoms with Crippen LogP contribution in [0.15, 0.2) is 14.6 Å². The van der Waals surface area contributed by atoms with E-state index in [4.69, 9.17) is 30.4 Å². The number of hydrazone groups is 1. The number of nitrogens with zero attached hydrogens (tertiary/aromatic N) is 8. The van der Waals surface area contributed by atoms with E-state index >= 15 is 0 Å². The summed E-state index contributed by atoms with van der Waals surface area (Å²) in [6.45, 7) is 10.4. The number of amidine groups is 2. The van der Waals surface area contributed by atoms with Gasteiger partial charge in [-0.2, -0.15) is 20.3 Å². The molecule has 5 N–H and O–H groups in total. The predicted molar refractivity (Wildman–Crippen MR) is 156 cm³/mol.